The van der Waals surface area contributed by atoms with Gasteiger partial charge in [-0.1, -0.05) is 48.5 Å². The fourth-order valence-electron chi connectivity index (χ4n) is 4.52. The van der Waals surface area contributed by atoms with E-state index in [0.29, 0.717) is 18.0 Å². The molecule has 1 aliphatic rings. The van der Waals surface area contributed by atoms with Crippen molar-refractivity contribution in [3.8, 4) is 0 Å². The molecule has 0 atom stereocenters. The van der Waals surface area contributed by atoms with Gasteiger partial charge in [0.2, 0.25) is 0 Å². The lowest BCUT2D eigenvalue weighted by molar-refractivity contribution is 0.0992. The molecule has 6 heteroatoms. The summed E-state index contributed by atoms with van der Waals surface area (Å²) in [4.78, 5) is 17.9. The Morgan fingerprint density at radius 2 is 1.62 bits per heavy atom. The fraction of sp³-hybridized carbons (Fsp3) is 0.250. The van der Waals surface area contributed by atoms with Gasteiger partial charge in [0.1, 0.15) is 5.58 Å². The maximum atomic E-state index is 13.0. The van der Waals surface area contributed by atoms with Crippen LogP contribution in [0.1, 0.15) is 21.7 Å². The smallest absolute Gasteiger partial charge is 0.291 e. The Bertz CT molecular complexity index is 1240. The van der Waals surface area contributed by atoms with Crippen molar-refractivity contribution in [2.45, 2.75) is 13.2 Å². The van der Waals surface area contributed by atoms with Crippen LogP contribution in [-0.4, -0.2) is 44.1 Å². The van der Waals surface area contributed by atoms with Gasteiger partial charge in [-0.2, -0.15) is 0 Å². The molecule has 2 heterocycles. The second-order valence-corrected chi connectivity index (χ2v) is 8.59. The van der Waals surface area contributed by atoms with Gasteiger partial charge in [0.15, 0.2) is 5.76 Å². The molecule has 1 saturated heterocycles. The molecule has 3 aromatic carbocycles. The molecule has 0 spiro atoms. The van der Waals surface area contributed by atoms with Gasteiger partial charge in [-0.15, -0.1) is 0 Å². The lowest BCUT2D eigenvalue weighted by atomic mass is 10.1. The summed E-state index contributed by atoms with van der Waals surface area (Å²) in [5, 5.41) is 3.87. The van der Waals surface area contributed by atoms with Crippen LogP contribution in [0, 0.1) is 0 Å². The summed E-state index contributed by atoms with van der Waals surface area (Å²) in [5.74, 6) is 0.0205. The zero-order valence-corrected chi connectivity index (χ0v) is 19.4. The molecular weight excluding hydrogens is 426 g/mol. The zero-order valence-electron chi connectivity index (χ0n) is 19.4. The predicted molar refractivity (Wildman–Crippen MR) is 135 cm³/mol. The lowest BCUT2D eigenvalue weighted by Gasteiger charge is -2.36. The summed E-state index contributed by atoms with van der Waals surface area (Å²) < 4.78 is 11.2. The summed E-state index contributed by atoms with van der Waals surface area (Å²) in [6.45, 7) is 5.33. The number of ether oxygens (including phenoxy) is 1. The van der Waals surface area contributed by atoms with Gasteiger partial charge < -0.3 is 19.4 Å². The number of furan rings is 1. The minimum absolute atomic E-state index is 0.273. The molecule has 0 saturated carbocycles. The van der Waals surface area contributed by atoms with Gasteiger partial charge in [-0.25, -0.2) is 0 Å². The summed E-state index contributed by atoms with van der Waals surface area (Å²) in [6, 6.07) is 26.3. The SMILES string of the molecule is COCc1c(C(=O)Nc2ccc(N3CCN(Cc4ccccc4)CC3)cc2)oc2ccccc12. The van der Waals surface area contributed by atoms with Gasteiger partial charge in [0.25, 0.3) is 5.91 Å². The quantitative estimate of drug-likeness (QED) is 0.417. The van der Waals surface area contributed by atoms with E-state index in [9.17, 15) is 4.79 Å². The van der Waals surface area contributed by atoms with Crippen LogP contribution in [0.2, 0.25) is 0 Å². The number of carbonyl (C=O) groups is 1. The van der Waals surface area contributed by atoms with Crippen LogP contribution >= 0.6 is 0 Å². The molecule has 0 aliphatic carbocycles. The number of anilines is 2. The number of benzene rings is 3. The van der Waals surface area contributed by atoms with Crippen molar-refractivity contribution in [1.29, 1.82) is 0 Å². The van der Waals surface area contributed by atoms with Crippen molar-refractivity contribution in [2.75, 3.05) is 43.5 Å². The Morgan fingerprint density at radius 3 is 2.35 bits per heavy atom. The van der Waals surface area contributed by atoms with Gasteiger partial charge in [0, 0.05) is 62.2 Å². The van der Waals surface area contributed by atoms with Crippen LogP contribution in [0.5, 0.6) is 0 Å². The average molecular weight is 456 g/mol. The maximum absolute atomic E-state index is 13.0. The molecule has 0 unspecified atom stereocenters. The van der Waals surface area contributed by atoms with Crippen molar-refractivity contribution < 1.29 is 13.9 Å². The van der Waals surface area contributed by atoms with E-state index >= 15 is 0 Å². The Hall–Kier alpha value is -3.61. The Labute approximate surface area is 199 Å². The zero-order chi connectivity index (χ0) is 23.3. The molecule has 6 nitrogen and oxygen atoms in total. The van der Waals surface area contributed by atoms with Crippen LogP contribution in [0.4, 0.5) is 11.4 Å². The third-order valence-corrected chi connectivity index (χ3v) is 6.30. The van der Waals surface area contributed by atoms with Gasteiger partial charge in [0.05, 0.1) is 6.61 Å². The standard InChI is InChI=1S/C28H29N3O3/c1-33-20-25-24-9-5-6-10-26(24)34-27(25)28(32)29-22-11-13-23(14-12-22)31-17-15-30(16-18-31)19-21-7-3-2-4-8-21/h2-14H,15-20H2,1H3,(H,29,32). The molecule has 1 amide bonds. The van der Waals surface area contributed by atoms with Gasteiger partial charge >= 0.3 is 0 Å². The van der Waals surface area contributed by atoms with E-state index < -0.39 is 0 Å². The molecule has 0 radical (unpaired) electrons. The molecule has 0 bridgehead atoms. The van der Waals surface area contributed by atoms with Crippen LogP contribution in [0.3, 0.4) is 0 Å². The number of carbonyl (C=O) groups excluding carboxylic acids is 1. The van der Waals surface area contributed by atoms with E-state index in [1.54, 1.807) is 7.11 Å². The van der Waals surface area contributed by atoms with Crippen molar-refractivity contribution in [2.24, 2.45) is 0 Å². The second kappa shape index (κ2) is 10.1. The highest BCUT2D eigenvalue weighted by molar-refractivity contribution is 6.06. The fourth-order valence-corrected chi connectivity index (χ4v) is 4.52. The highest BCUT2D eigenvalue weighted by Crippen LogP contribution is 2.28. The van der Waals surface area contributed by atoms with Crippen molar-refractivity contribution in [1.82, 2.24) is 4.90 Å². The molecule has 4 aromatic rings. The van der Waals surface area contributed by atoms with Crippen molar-refractivity contribution in [3.63, 3.8) is 0 Å². The number of nitrogens with zero attached hydrogens (tertiary/aromatic N) is 2. The second-order valence-electron chi connectivity index (χ2n) is 8.59. The Kier molecular flexibility index (Phi) is 6.60. The third-order valence-electron chi connectivity index (χ3n) is 6.30. The number of methoxy groups -OCH3 is 1. The molecule has 174 valence electrons. The van der Waals surface area contributed by atoms with E-state index in [0.717, 1.165) is 49.4 Å². The number of nitrogens with one attached hydrogen (secondary N) is 1. The minimum atomic E-state index is -0.273. The maximum Gasteiger partial charge on any atom is 0.291 e. The molecule has 1 aromatic heterocycles. The number of para-hydroxylation sites is 1. The number of amides is 1. The number of piperazine rings is 1. The van der Waals surface area contributed by atoms with E-state index in [2.05, 4.69) is 57.6 Å². The highest BCUT2D eigenvalue weighted by atomic mass is 16.5. The first-order chi connectivity index (χ1) is 16.7. The van der Waals surface area contributed by atoms with E-state index in [1.807, 2.05) is 36.4 Å². The van der Waals surface area contributed by atoms with E-state index in [-0.39, 0.29) is 5.91 Å². The first kappa shape index (κ1) is 22.2. The summed E-state index contributed by atoms with van der Waals surface area (Å²) >= 11 is 0. The minimum Gasteiger partial charge on any atom is -0.451 e. The van der Waals surface area contributed by atoms with E-state index in [1.165, 1.54) is 11.3 Å². The molecule has 1 N–H and O–H groups in total. The first-order valence-electron chi connectivity index (χ1n) is 11.6. The average Bonchev–Trinajstić information content (AvgIpc) is 3.25. The lowest BCUT2D eigenvalue weighted by Crippen LogP contribution is -2.45. The number of fused-ring (bicyclic) bond motifs is 1. The summed E-state index contributed by atoms with van der Waals surface area (Å²) in [7, 11) is 1.61. The van der Waals surface area contributed by atoms with E-state index in [4.69, 9.17) is 9.15 Å². The summed E-state index contributed by atoms with van der Waals surface area (Å²) in [6.07, 6.45) is 0. The molecule has 1 aliphatic heterocycles. The molecule has 5 rings (SSSR count). The highest BCUT2D eigenvalue weighted by Gasteiger charge is 2.21. The van der Waals surface area contributed by atoms with Crippen LogP contribution < -0.4 is 10.2 Å². The third kappa shape index (κ3) is 4.83. The topological polar surface area (TPSA) is 58.0 Å². The number of hydrogen-bond donors (Lipinski definition) is 1. The predicted octanol–water partition coefficient (Wildman–Crippen LogP) is 5.15. The van der Waals surface area contributed by atoms with Crippen molar-refractivity contribution in [3.05, 3.63) is 95.7 Å². The first-order valence-corrected chi connectivity index (χ1v) is 11.6. The summed E-state index contributed by atoms with van der Waals surface area (Å²) in [5.41, 5.74) is 4.71. The van der Waals surface area contributed by atoms with Crippen LogP contribution in [-0.2, 0) is 17.9 Å². The van der Waals surface area contributed by atoms with Gasteiger partial charge in [-0.05, 0) is 35.9 Å². The largest absolute Gasteiger partial charge is 0.451 e. The molecule has 34 heavy (non-hydrogen) atoms. The Balaban J connectivity index is 1.21. The normalized spacial score (nSPS) is 14.4. The molecule has 1 fully saturated rings. The molecular formula is C28H29N3O3. The monoisotopic (exact) mass is 455 g/mol. The number of hydrogen-bond acceptors (Lipinski definition) is 5. The van der Waals surface area contributed by atoms with Crippen LogP contribution in [0.15, 0.2) is 83.3 Å². The van der Waals surface area contributed by atoms with Gasteiger partial charge in [-0.3, -0.25) is 9.69 Å². The number of rotatable bonds is 7. The Morgan fingerprint density at radius 1 is 0.912 bits per heavy atom. The van der Waals surface area contributed by atoms with Crippen molar-refractivity contribution >= 4 is 28.3 Å². The van der Waals surface area contributed by atoms with Crippen LogP contribution in [0.25, 0.3) is 11.0 Å².